The first-order valence-corrected chi connectivity index (χ1v) is 6.72. The van der Waals surface area contributed by atoms with Crippen molar-refractivity contribution in [2.45, 2.75) is 58.7 Å². The number of morpholine rings is 1. The zero-order chi connectivity index (χ0) is 12.0. The van der Waals surface area contributed by atoms with Crippen LogP contribution in [0.3, 0.4) is 0 Å². The third-order valence-electron chi connectivity index (χ3n) is 3.43. The molecule has 2 atom stereocenters. The lowest BCUT2D eigenvalue weighted by Crippen LogP contribution is -2.50. The Bertz CT molecular complexity index is 185. The Morgan fingerprint density at radius 1 is 1.38 bits per heavy atom. The molecule has 1 heterocycles. The van der Waals surface area contributed by atoms with Gasteiger partial charge < -0.3 is 10.1 Å². The van der Waals surface area contributed by atoms with Crippen LogP contribution in [0.25, 0.3) is 0 Å². The Kier molecular flexibility index (Phi) is 6.32. The molecule has 0 aromatic heterocycles. The van der Waals surface area contributed by atoms with E-state index < -0.39 is 0 Å². The Labute approximate surface area is 101 Å². The minimum absolute atomic E-state index is 0.596. The fourth-order valence-corrected chi connectivity index (χ4v) is 2.35. The van der Waals surface area contributed by atoms with Crippen LogP contribution in [0.4, 0.5) is 0 Å². The fraction of sp³-hybridized carbons (Fsp3) is 1.00. The molecule has 1 aliphatic heterocycles. The molecule has 3 heteroatoms. The van der Waals surface area contributed by atoms with Crippen LogP contribution in [-0.4, -0.2) is 49.3 Å². The SMILES string of the molecule is CCC1COCCN1C(C)CCNC(C)C. The number of nitrogens with zero attached hydrogens (tertiary/aromatic N) is 1. The van der Waals surface area contributed by atoms with Gasteiger partial charge in [0.1, 0.15) is 0 Å². The van der Waals surface area contributed by atoms with Crippen molar-refractivity contribution in [3.05, 3.63) is 0 Å². The molecule has 0 radical (unpaired) electrons. The second kappa shape index (κ2) is 7.25. The number of rotatable bonds is 6. The highest BCUT2D eigenvalue weighted by Gasteiger charge is 2.25. The van der Waals surface area contributed by atoms with E-state index in [1.807, 2.05) is 0 Å². The molecule has 1 aliphatic rings. The third-order valence-corrected chi connectivity index (χ3v) is 3.43. The van der Waals surface area contributed by atoms with Crippen LogP contribution >= 0.6 is 0 Å². The van der Waals surface area contributed by atoms with Crippen molar-refractivity contribution >= 4 is 0 Å². The molecule has 16 heavy (non-hydrogen) atoms. The minimum Gasteiger partial charge on any atom is -0.378 e. The molecule has 96 valence electrons. The van der Waals surface area contributed by atoms with Crippen LogP contribution in [0.5, 0.6) is 0 Å². The summed E-state index contributed by atoms with van der Waals surface area (Å²) in [7, 11) is 0. The van der Waals surface area contributed by atoms with E-state index in [0.29, 0.717) is 18.1 Å². The van der Waals surface area contributed by atoms with Crippen LogP contribution in [0.2, 0.25) is 0 Å². The summed E-state index contributed by atoms with van der Waals surface area (Å²) >= 11 is 0. The van der Waals surface area contributed by atoms with Crippen molar-refractivity contribution in [1.82, 2.24) is 10.2 Å². The van der Waals surface area contributed by atoms with Gasteiger partial charge in [0.25, 0.3) is 0 Å². The predicted octanol–water partition coefficient (Wildman–Crippen LogP) is 1.87. The summed E-state index contributed by atoms with van der Waals surface area (Å²) in [5.41, 5.74) is 0. The zero-order valence-electron chi connectivity index (χ0n) is 11.3. The van der Waals surface area contributed by atoms with Crippen LogP contribution in [0, 0.1) is 0 Å². The third kappa shape index (κ3) is 4.40. The summed E-state index contributed by atoms with van der Waals surface area (Å²) in [6.07, 6.45) is 2.43. The van der Waals surface area contributed by atoms with E-state index in [0.717, 1.165) is 26.3 Å². The molecule has 0 aliphatic carbocycles. The topological polar surface area (TPSA) is 24.5 Å². The van der Waals surface area contributed by atoms with Crippen LogP contribution in [0.15, 0.2) is 0 Å². The number of nitrogens with one attached hydrogen (secondary N) is 1. The van der Waals surface area contributed by atoms with E-state index in [2.05, 4.69) is 37.9 Å². The van der Waals surface area contributed by atoms with Gasteiger partial charge in [-0.3, -0.25) is 4.90 Å². The second-order valence-electron chi connectivity index (χ2n) is 5.12. The van der Waals surface area contributed by atoms with Gasteiger partial charge in [0.15, 0.2) is 0 Å². The summed E-state index contributed by atoms with van der Waals surface area (Å²) < 4.78 is 5.54. The van der Waals surface area contributed by atoms with Crippen molar-refractivity contribution in [1.29, 1.82) is 0 Å². The number of hydrogen-bond acceptors (Lipinski definition) is 3. The molecule has 1 saturated heterocycles. The van der Waals surface area contributed by atoms with Crippen molar-refractivity contribution < 1.29 is 4.74 Å². The summed E-state index contributed by atoms with van der Waals surface area (Å²) in [4.78, 5) is 2.62. The fourth-order valence-electron chi connectivity index (χ4n) is 2.35. The van der Waals surface area contributed by atoms with E-state index in [9.17, 15) is 0 Å². The van der Waals surface area contributed by atoms with Gasteiger partial charge in [-0.15, -0.1) is 0 Å². The van der Waals surface area contributed by atoms with Gasteiger partial charge in [-0.25, -0.2) is 0 Å². The molecule has 1 fully saturated rings. The van der Waals surface area contributed by atoms with Crippen molar-refractivity contribution in [2.24, 2.45) is 0 Å². The smallest absolute Gasteiger partial charge is 0.0622 e. The van der Waals surface area contributed by atoms with Gasteiger partial charge in [-0.2, -0.15) is 0 Å². The van der Waals surface area contributed by atoms with E-state index in [4.69, 9.17) is 4.74 Å². The molecule has 1 rings (SSSR count). The maximum atomic E-state index is 5.54. The van der Waals surface area contributed by atoms with E-state index in [1.54, 1.807) is 0 Å². The molecule has 0 spiro atoms. The summed E-state index contributed by atoms with van der Waals surface area (Å²) in [6.45, 7) is 13.0. The van der Waals surface area contributed by atoms with Gasteiger partial charge in [-0.05, 0) is 26.3 Å². The normalized spacial score (nSPS) is 24.9. The van der Waals surface area contributed by atoms with Gasteiger partial charge in [0.05, 0.1) is 13.2 Å². The summed E-state index contributed by atoms with van der Waals surface area (Å²) in [6, 6.07) is 1.89. The minimum atomic E-state index is 0.596. The van der Waals surface area contributed by atoms with Crippen LogP contribution < -0.4 is 5.32 Å². The Morgan fingerprint density at radius 3 is 2.75 bits per heavy atom. The van der Waals surface area contributed by atoms with Crippen LogP contribution in [-0.2, 0) is 4.74 Å². The molecule has 3 nitrogen and oxygen atoms in total. The first kappa shape index (κ1) is 13.9. The van der Waals surface area contributed by atoms with Gasteiger partial charge in [-0.1, -0.05) is 20.8 Å². The standard InChI is InChI=1S/C13H28N2O/c1-5-13-10-16-9-8-15(13)12(4)6-7-14-11(2)3/h11-14H,5-10H2,1-4H3. The van der Waals surface area contributed by atoms with Crippen molar-refractivity contribution in [3.8, 4) is 0 Å². The Balaban J connectivity index is 2.29. The van der Waals surface area contributed by atoms with Gasteiger partial charge in [0.2, 0.25) is 0 Å². The highest BCUT2D eigenvalue weighted by Crippen LogP contribution is 2.15. The average Bonchev–Trinajstić information content (AvgIpc) is 2.28. The van der Waals surface area contributed by atoms with E-state index >= 15 is 0 Å². The van der Waals surface area contributed by atoms with Crippen LogP contribution in [0.1, 0.15) is 40.5 Å². The zero-order valence-corrected chi connectivity index (χ0v) is 11.3. The van der Waals surface area contributed by atoms with E-state index in [-0.39, 0.29) is 0 Å². The highest BCUT2D eigenvalue weighted by atomic mass is 16.5. The van der Waals surface area contributed by atoms with Gasteiger partial charge >= 0.3 is 0 Å². The molecule has 2 unspecified atom stereocenters. The first-order valence-electron chi connectivity index (χ1n) is 6.72. The predicted molar refractivity (Wildman–Crippen MR) is 68.8 cm³/mol. The largest absolute Gasteiger partial charge is 0.378 e. The summed E-state index contributed by atoms with van der Waals surface area (Å²) in [5.74, 6) is 0. The lowest BCUT2D eigenvalue weighted by molar-refractivity contribution is -0.0279. The summed E-state index contributed by atoms with van der Waals surface area (Å²) in [5, 5.41) is 3.49. The molecule has 0 saturated carbocycles. The van der Waals surface area contributed by atoms with E-state index in [1.165, 1.54) is 12.8 Å². The number of ether oxygens (including phenoxy) is 1. The maximum absolute atomic E-state index is 5.54. The Hall–Kier alpha value is -0.120. The molecule has 1 N–H and O–H groups in total. The quantitative estimate of drug-likeness (QED) is 0.751. The first-order chi connectivity index (χ1) is 7.65. The molecular formula is C13H28N2O. The monoisotopic (exact) mass is 228 g/mol. The lowest BCUT2D eigenvalue weighted by Gasteiger charge is -2.39. The lowest BCUT2D eigenvalue weighted by atomic mass is 10.1. The Morgan fingerprint density at radius 2 is 2.12 bits per heavy atom. The molecule has 0 aromatic rings. The van der Waals surface area contributed by atoms with Crippen molar-refractivity contribution in [3.63, 3.8) is 0 Å². The molecule has 0 aromatic carbocycles. The molecule has 0 amide bonds. The highest BCUT2D eigenvalue weighted by molar-refractivity contribution is 4.79. The van der Waals surface area contributed by atoms with Crippen molar-refractivity contribution in [2.75, 3.05) is 26.3 Å². The maximum Gasteiger partial charge on any atom is 0.0622 e. The van der Waals surface area contributed by atoms with Gasteiger partial charge in [0, 0.05) is 24.7 Å². The number of hydrogen-bond donors (Lipinski definition) is 1. The molecular weight excluding hydrogens is 200 g/mol. The molecule has 0 bridgehead atoms. The average molecular weight is 228 g/mol. The second-order valence-corrected chi connectivity index (χ2v) is 5.12.